The second-order valence-corrected chi connectivity index (χ2v) is 7.05. The quantitative estimate of drug-likeness (QED) is 0.896. The van der Waals surface area contributed by atoms with Crippen LogP contribution in [-0.2, 0) is 4.74 Å². The fourth-order valence-electron chi connectivity index (χ4n) is 3.37. The van der Waals surface area contributed by atoms with E-state index in [1.54, 1.807) is 7.11 Å². The Morgan fingerprint density at radius 2 is 1.90 bits per heavy atom. The Hall–Kier alpha value is -1.06. The van der Waals surface area contributed by atoms with Gasteiger partial charge in [0.05, 0.1) is 12.7 Å². The molecule has 0 aromatic heterocycles. The summed E-state index contributed by atoms with van der Waals surface area (Å²) in [5.41, 5.74) is 1.40. The Balaban J connectivity index is 1.69. The average Bonchev–Trinajstić information content (AvgIpc) is 3.28. The molecule has 1 saturated heterocycles. The third-order valence-electron chi connectivity index (χ3n) is 4.68. The molecule has 0 spiro atoms. The van der Waals surface area contributed by atoms with E-state index in [2.05, 4.69) is 43.4 Å². The maximum atomic E-state index is 5.83. The molecule has 0 bridgehead atoms. The Kier molecular flexibility index (Phi) is 4.23. The van der Waals surface area contributed by atoms with Crippen LogP contribution in [0.4, 0.5) is 0 Å². The average molecular weight is 289 g/mol. The SMILES string of the molecule is COc1ccc(C(NC2CCOC(C)(C)C2)C2CC2)cc1. The molecule has 1 saturated carbocycles. The van der Waals surface area contributed by atoms with Crippen LogP contribution in [0.3, 0.4) is 0 Å². The summed E-state index contributed by atoms with van der Waals surface area (Å²) < 4.78 is 11.1. The summed E-state index contributed by atoms with van der Waals surface area (Å²) >= 11 is 0. The molecule has 1 aliphatic heterocycles. The zero-order chi connectivity index (χ0) is 14.9. The molecule has 3 nitrogen and oxygen atoms in total. The summed E-state index contributed by atoms with van der Waals surface area (Å²) in [6.45, 7) is 5.26. The minimum atomic E-state index is 0.00389. The molecule has 0 radical (unpaired) electrons. The number of hydrogen-bond donors (Lipinski definition) is 1. The Morgan fingerprint density at radius 1 is 1.19 bits per heavy atom. The summed E-state index contributed by atoms with van der Waals surface area (Å²) in [7, 11) is 1.72. The van der Waals surface area contributed by atoms with Gasteiger partial charge >= 0.3 is 0 Å². The lowest BCUT2D eigenvalue weighted by Crippen LogP contribution is -2.45. The van der Waals surface area contributed by atoms with Crippen molar-refractivity contribution < 1.29 is 9.47 Å². The van der Waals surface area contributed by atoms with Crippen molar-refractivity contribution in [3.63, 3.8) is 0 Å². The highest BCUT2D eigenvalue weighted by atomic mass is 16.5. The molecular formula is C18H27NO2. The van der Waals surface area contributed by atoms with Gasteiger partial charge in [0, 0.05) is 18.7 Å². The molecule has 2 unspecified atom stereocenters. The van der Waals surface area contributed by atoms with Crippen LogP contribution in [-0.4, -0.2) is 25.4 Å². The van der Waals surface area contributed by atoms with Crippen LogP contribution in [0.5, 0.6) is 5.75 Å². The molecule has 2 fully saturated rings. The first kappa shape index (κ1) is 14.9. The van der Waals surface area contributed by atoms with Crippen molar-refractivity contribution in [2.75, 3.05) is 13.7 Å². The first-order valence-corrected chi connectivity index (χ1v) is 8.11. The molecule has 3 heteroatoms. The van der Waals surface area contributed by atoms with E-state index in [1.165, 1.54) is 18.4 Å². The molecular weight excluding hydrogens is 262 g/mol. The van der Waals surface area contributed by atoms with Crippen LogP contribution >= 0.6 is 0 Å². The third kappa shape index (κ3) is 3.78. The lowest BCUT2D eigenvalue weighted by Gasteiger charge is -2.38. The minimum Gasteiger partial charge on any atom is -0.497 e. The number of nitrogens with one attached hydrogen (secondary N) is 1. The van der Waals surface area contributed by atoms with Crippen molar-refractivity contribution in [3.8, 4) is 5.75 Å². The number of ether oxygens (including phenoxy) is 2. The Labute approximate surface area is 128 Å². The molecule has 3 rings (SSSR count). The minimum absolute atomic E-state index is 0.00389. The summed E-state index contributed by atoms with van der Waals surface area (Å²) in [5.74, 6) is 1.73. The van der Waals surface area contributed by atoms with E-state index in [1.807, 2.05) is 0 Å². The van der Waals surface area contributed by atoms with E-state index in [-0.39, 0.29) is 5.60 Å². The lowest BCUT2D eigenvalue weighted by molar-refractivity contribution is -0.0645. The number of methoxy groups -OCH3 is 1. The van der Waals surface area contributed by atoms with Gasteiger partial charge in [0.2, 0.25) is 0 Å². The van der Waals surface area contributed by atoms with Crippen LogP contribution in [0.1, 0.15) is 51.1 Å². The van der Waals surface area contributed by atoms with Gasteiger partial charge in [-0.15, -0.1) is 0 Å². The van der Waals surface area contributed by atoms with Gasteiger partial charge in [-0.2, -0.15) is 0 Å². The van der Waals surface area contributed by atoms with Crippen molar-refractivity contribution in [1.82, 2.24) is 5.32 Å². The van der Waals surface area contributed by atoms with E-state index < -0.39 is 0 Å². The normalized spacial score (nSPS) is 26.3. The van der Waals surface area contributed by atoms with Gasteiger partial charge in [-0.3, -0.25) is 0 Å². The largest absolute Gasteiger partial charge is 0.497 e. The zero-order valence-electron chi connectivity index (χ0n) is 13.4. The van der Waals surface area contributed by atoms with E-state index in [4.69, 9.17) is 9.47 Å². The van der Waals surface area contributed by atoms with E-state index in [0.717, 1.165) is 31.1 Å². The molecule has 2 aliphatic rings. The van der Waals surface area contributed by atoms with Crippen LogP contribution in [0.15, 0.2) is 24.3 Å². The highest BCUT2D eigenvalue weighted by molar-refractivity contribution is 5.30. The van der Waals surface area contributed by atoms with Crippen LogP contribution < -0.4 is 10.1 Å². The Morgan fingerprint density at radius 3 is 2.48 bits per heavy atom. The Bertz CT molecular complexity index is 465. The monoisotopic (exact) mass is 289 g/mol. The second-order valence-electron chi connectivity index (χ2n) is 7.05. The second kappa shape index (κ2) is 5.98. The van der Waals surface area contributed by atoms with Gasteiger partial charge in [0.25, 0.3) is 0 Å². The van der Waals surface area contributed by atoms with Crippen LogP contribution in [0.2, 0.25) is 0 Å². The van der Waals surface area contributed by atoms with Crippen LogP contribution in [0.25, 0.3) is 0 Å². The number of hydrogen-bond acceptors (Lipinski definition) is 3. The van der Waals surface area contributed by atoms with E-state index in [0.29, 0.717) is 12.1 Å². The lowest BCUT2D eigenvalue weighted by atomic mass is 9.92. The summed E-state index contributed by atoms with van der Waals surface area (Å²) in [5, 5.41) is 3.91. The standard InChI is InChI=1S/C18H27NO2/c1-18(2)12-15(10-11-21-18)19-17(13-4-5-13)14-6-8-16(20-3)9-7-14/h6-9,13,15,17,19H,4-5,10-12H2,1-3H3. The summed E-state index contributed by atoms with van der Waals surface area (Å²) in [6.07, 6.45) is 4.89. The van der Waals surface area contributed by atoms with E-state index in [9.17, 15) is 0 Å². The first-order valence-electron chi connectivity index (χ1n) is 8.11. The molecule has 21 heavy (non-hydrogen) atoms. The van der Waals surface area contributed by atoms with Gasteiger partial charge in [-0.05, 0) is 63.1 Å². The fraction of sp³-hybridized carbons (Fsp3) is 0.667. The van der Waals surface area contributed by atoms with Gasteiger partial charge < -0.3 is 14.8 Å². The van der Waals surface area contributed by atoms with Crippen molar-refractivity contribution in [1.29, 1.82) is 0 Å². The van der Waals surface area contributed by atoms with Gasteiger partial charge in [-0.25, -0.2) is 0 Å². The maximum Gasteiger partial charge on any atom is 0.118 e. The molecule has 1 aliphatic carbocycles. The number of rotatable bonds is 5. The highest BCUT2D eigenvalue weighted by Crippen LogP contribution is 2.42. The number of benzene rings is 1. The molecule has 1 heterocycles. The van der Waals surface area contributed by atoms with Gasteiger partial charge in [0.1, 0.15) is 5.75 Å². The van der Waals surface area contributed by atoms with Crippen molar-refractivity contribution in [2.45, 2.75) is 57.2 Å². The maximum absolute atomic E-state index is 5.83. The molecule has 1 aromatic rings. The van der Waals surface area contributed by atoms with Crippen LogP contribution in [0, 0.1) is 5.92 Å². The van der Waals surface area contributed by atoms with E-state index >= 15 is 0 Å². The van der Waals surface area contributed by atoms with Crippen molar-refractivity contribution in [3.05, 3.63) is 29.8 Å². The molecule has 0 amide bonds. The van der Waals surface area contributed by atoms with Crippen molar-refractivity contribution >= 4 is 0 Å². The summed E-state index contributed by atoms with van der Waals surface area (Å²) in [6, 6.07) is 9.59. The zero-order valence-corrected chi connectivity index (χ0v) is 13.4. The molecule has 1 aromatic carbocycles. The highest BCUT2D eigenvalue weighted by Gasteiger charge is 2.36. The third-order valence-corrected chi connectivity index (χ3v) is 4.68. The molecule has 116 valence electrons. The smallest absolute Gasteiger partial charge is 0.118 e. The predicted molar refractivity (Wildman–Crippen MR) is 84.6 cm³/mol. The molecule has 1 N–H and O–H groups in total. The topological polar surface area (TPSA) is 30.5 Å². The van der Waals surface area contributed by atoms with Gasteiger partial charge in [0.15, 0.2) is 0 Å². The predicted octanol–water partition coefficient (Wildman–Crippen LogP) is 3.69. The fourth-order valence-corrected chi connectivity index (χ4v) is 3.37. The van der Waals surface area contributed by atoms with Gasteiger partial charge in [-0.1, -0.05) is 12.1 Å². The first-order chi connectivity index (χ1) is 10.1. The molecule has 2 atom stereocenters. The van der Waals surface area contributed by atoms with Crippen molar-refractivity contribution in [2.24, 2.45) is 5.92 Å². The summed E-state index contributed by atoms with van der Waals surface area (Å²) in [4.78, 5) is 0.